The fraction of sp³-hybridized carbons (Fsp3) is 0.800. The molecule has 0 aromatic heterocycles. The molecule has 0 heterocycles. The number of urea groups is 1. The van der Waals surface area contributed by atoms with E-state index in [0.29, 0.717) is 13.2 Å². The van der Waals surface area contributed by atoms with Gasteiger partial charge in [-0.3, -0.25) is 0 Å². The number of aliphatic hydroxyl groups is 1. The first-order valence-electron chi connectivity index (χ1n) is 5.35. The fourth-order valence-corrected chi connectivity index (χ4v) is 0.972. The van der Waals surface area contributed by atoms with Gasteiger partial charge < -0.3 is 25.2 Å². The second-order valence-corrected chi connectivity index (χ2v) is 3.86. The van der Waals surface area contributed by atoms with Crippen molar-refractivity contribution in [2.75, 3.05) is 26.8 Å². The van der Waals surface area contributed by atoms with Crippen molar-refractivity contribution in [3.8, 4) is 0 Å². The lowest BCUT2D eigenvalue weighted by atomic mass is 10.3. The molecule has 1 atom stereocenters. The molecule has 0 aliphatic rings. The molecule has 3 N–H and O–H groups in total. The third-order valence-electron chi connectivity index (χ3n) is 2.00. The molecule has 2 amide bonds. The zero-order valence-electron chi connectivity index (χ0n) is 10.3. The van der Waals surface area contributed by atoms with E-state index < -0.39 is 24.6 Å². The number of nitrogens with one attached hydrogen (secondary N) is 1. The Balaban J connectivity index is 4.00. The lowest BCUT2D eigenvalue weighted by Gasteiger charge is -2.20. The number of likely N-dealkylation sites (N-methyl/N-ethyl adjacent to an activating group) is 1. The summed E-state index contributed by atoms with van der Waals surface area (Å²) in [7, 11) is 1.52. The third-order valence-corrected chi connectivity index (χ3v) is 2.00. The average molecular weight is 248 g/mol. The Hall–Kier alpha value is -1.34. The summed E-state index contributed by atoms with van der Waals surface area (Å²) in [5.74, 6) is -1.27. The minimum atomic E-state index is -1.28. The molecule has 0 aliphatic heterocycles. The summed E-state index contributed by atoms with van der Waals surface area (Å²) >= 11 is 0. The van der Waals surface area contributed by atoms with Gasteiger partial charge >= 0.3 is 12.0 Å². The Morgan fingerprint density at radius 3 is 2.41 bits per heavy atom. The van der Waals surface area contributed by atoms with Crippen LogP contribution in [0.15, 0.2) is 0 Å². The van der Waals surface area contributed by atoms with Gasteiger partial charge in [-0.05, 0) is 13.8 Å². The van der Waals surface area contributed by atoms with Gasteiger partial charge in [-0.2, -0.15) is 0 Å². The zero-order valence-corrected chi connectivity index (χ0v) is 10.3. The van der Waals surface area contributed by atoms with Gasteiger partial charge in [-0.15, -0.1) is 0 Å². The molecule has 0 rings (SSSR count). The summed E-state index contributed by atoms with van der Waals surface area (Å²) in [6.45, 7) is 3.84. The Morgan fingerprint density at radius 1 is 1.41 bits per heavy atom. The van der Waals surface area contributed by atoms with E-state index in [2.05, 4.69) is 5.32 Å². The number of hydrogen-bond donors (Lipinski definition) is 3. The first-order chi connectivity index (χ1) is 7.88. The second kappa shape index (κ2) is 7.86. The Morgan fingerprint density at radius 2 is 2.00 bits per heavy atom. The van der Waals surface area contributed by atoms with Crippen molar-refractivity contribution in [1.29, 1.82) is 0 Å². The molecule has 0 spiro atoms. The Bertz CT molecular complexity index is 257. The number of rotatable bonds is 7. The highest BCUT2D eigenvalue weighted by Gasteiger charge is 2.20. The van der Waals surface area contributed by atoms with E-state index in [9.17, 15) is 9.59 Å². The van der Waals surface area contributed by atoms with E-state index >= 15 is 0 Å². The topological polar surface area (TPSA) is 99.1 Å². The van der Waals surface area contributed by atoms with Crippen LogP contribution in [-0.2, 0) is 9.53 Å². The number of carboxylic acid groups (broad SMARTS) is 1. The van der Waals surface area contributed by atoms with E-state index in [1.165, 1.54) is 11.9 Å². The summed E-state index contributed by atoms with van der Waals surface area (Å²) in [6.07, 6.45) is 0.0793. The van der Waals surface area contributed by atoms with Crippen molar-refractivity contribution in [2.45, 2.75) is 26.0 Å². The maximum atomic E-state index is 11.5. The number of aliphatic carboxylic acids is 1. The number of carboxylic acids is 1. The molecule has 0 radical (unpaired) electrons. The maximum absolute atomic E-state index is 11.5. The van der Waals surface area contributed by atoms with Crippen molar-refractivity contribution < 1.29 is 24.5 Å². The number of aliphatic hydroxyl groups excluding tert-OH is 1. The van der Waals surface area contributed by atoms with Crippen molar-refractivity contribution in [3.63, 3.8) is 0 Å². The first kappa shape index (κ1) is 15.7. The Kier molecular flexibility index (Phi) is 7.24. The molecule has 0 aromatic carbocycles. The minimum absolute atomic E-state index is 0.0793. The van der Waals surface area contributed by atoms with Crippen LogP contribution in [0.1, 0.15) is 13.8 Å². The van der Waals surface area contributed by atoms with E-state index in [0.717, 1.165) is 0 Å². The molecule has 7 heteroatoms. The van der Waals surface area contributed by atoms with Crippen molar-refractivity contribution in [1.82, 2.24) is 10.2 Å². The fourth-order valence-electron chi connectivity index (χ4n) is 0.972. The predicted octanol–water partition coefficient (Wildman–Crippen LogP) is -0.502. The largest absolute Gasteiger partial charge is 0.480 e. The molecule has 0 aromatic rings. The molecule has 17 heavy (non-hydrogen) atoms. The first-order valence-corrected chi connectivity index (χ1v) is 5.35. The predicted molar refractivity (Wildman–Crippen MR) is 60.8 cm³/mol. The molecule has 0 saturated heterocycles. The van der Waals surface area contributed by atoms with E-state index in [1.54, 1.807) is 0 Å². The van der Waals surface area contributed by atoms with Crippen LogP contribution in [0.2, 0.25) is 0 Å². The zero-order chi connectivity index (χ0) is 13.4. The summed E-state index contributed by atoms with van der Waals surface area (Å²) in [5.41, 5.74) is 0. The monoisotopic (exact) mass is 248 g/mol. The van der Waals surface area contributed by atoms with Crippen LogP contribution >= 0.6 is 0 Å². The number of amides is 2. The Labute approximate surface area is 100 Å². The molecule has 0 fully saturated rings. The molecule has 0 bridgehead atoms. The van der Waals surface area contributed by atoms with Gasteiger partial charge in [0.25, 0.3) is 0 Å². The van der Waals surface area contributed by atoms with Crippen LogP contribution < -0.4 is 5.32 Å². The van der Waals surface area contributed by atoms with Gasteiger partial charge in [-0.25, -0.2) is 9.59 Å². The second-order valence-electron chi connectivity index (χ2n) is 3.86. The number of carbonyl (C=O) groups excluding carboxylic acids is 1. The van der Waals surface area contributed by atoms with E-state index in [-0.39, 0.29) is 6.10 Å². The molecule has 100 valence electrons. The number of ether oxygens (including phenoxy) is 1. The average Bonchev–Trinajstić information content (AvgIpc) is 2.24. The minimum Gasteiger partial charge on any atom is -0.480 e. The van der Waals surface area contributed by atoms with Gasteiger partial charge in [-0.1, -0.05) is 0 Å². The van der Waals surface area contributed by atoms with Gasteiger partial charge in [0, 0.05) is 13.6 Å². The lowest BCUT2D eigenvalue weighted by molar-refractivity contribution is -0.140. The van der Waals surface area contributed by atoms with Crippen LogP contribution in [0.5, 0.6) is 0 Å². The third kappa shape index (κ3) is 6.75. The van der Waals surface area contributed by atoms with Crippen LogP contribution in [-0.4, -0.2) is 66.1 Å². The smallest absolute Gasteiger partial charge is 0.328 e. The summed E-state index contributed by atoms with van der Waals surface area (Å²) in [4.78, 5) is 23.4. The van der Waals surface area contributed by atoms with E-state index in [4.69, 9.17) is 14.9 Å². The van der Waals surface area contributed by atoms with Crippen molar-refractivity contribution in [3.05, 3.63) is 0 Å². The highest BCUT2D eigenvalue weighted by Crippen LogP contribution is 1.92. The molecule has 7 nitrogen and oxygen atoms in total. The number of carbonyl (C=O) groups is 2. The number of nitrogens with zero attached hydrogens (tertiary/aromatic N) is 1. The van der Waals surface area contributed by atoms with Gasteiger partial charge in [0.15, 0.2) is 6.04 Å². The van der Waals surface area contributed by atoms with E-state index in [1.807, 2.05) is 13.8 Å². The molecule has 0 unspecified atom stereocenters. The summed E-state index contributed by atoms with van der Waals surface area (Å²) in [5, 5.41) is 19.6. The van der Waals surface area contributed by atoms with Crippen LogP contribution in [0.4, 0.5) is 4.79 Å². The molecule has 0 aliphatic carbocycles. The standard InChI is InChI=1S/C10H20N2O5/c1-7(2)17-5-4-12(3)10(16)11-8(6-13)9(14)15/h7-8,13H,4-6H2,1-3H3,(H,11,16)(H,14,15)/t8-/m0/s1. The highest BCUT2D eigenvalue weighted by atomic mass is 16.5. The van der Waals surface area contributed by atoms with Crippen LogP contribution in [0.3, 0.4) is 0 Å². The summed E-state index contributed by atoms with van der Waals surface area (Å²) in [6, 6.07) is -1.84. The van der Waals surface area contributed by atoms with Crippen LogP contribution in [0.25, 0.3) is 0 Å². The van der Waals surface area contributed by atoms with Crippen molar-refractivity contribution >= 4 is 12.0 Å². The summed E-state index contributed by atoms with van der Waals surface area (Å²) < 4.78 is 5.25. The van der Waals surface area contributed by atoms with Gasteiger partial charge in [0.2, 0.25) is 0 Å². The SMILES string of the molecule is CC(C)OCCN(C)C(=O)N[C@@H](CO)C(=O)O. The molecular weight excluding hydrogens is 228 g/mol. The normalized spacial score (nSPS) is 12.3. The van der Waals surface area contributed by atoms with Gasteiger partial charge in [0.1, 0.15) is 0 Å². The number of hydrogen-bond acceptors (Lipinski definition) is 4. The molecule has 0 saturated carbocycles. The van der Waals surface area contributed by atoms with Crippen LogP contribution in [0, 0.1) is 0 Å². The maximum Gasteiger partial charge on any atom is 0.328 e. The quantitative estimate of drug-likeness (QED) is 0.564. The molecular formula is C10H20N2O5. The van der Waals surface area contributed by atoms with Crippen molar-refractivity contribution in [2.24, 2.45) is 0 Å². The van der Waals surface area contributed by atoms with Gasteiger partial charge in [0.05, 0.1) is 19.3 Å². The lowest BCUT2D eigenvalue weighted by Crippen LogP contribution is -2.49. The highest BCUT2D eigenvalue weighted by molar-refractivity contribution is 5.82.